The fourth-order valence-corrected chi connectivity index (χ4v) is 5.44. The summed E-state index contributed by atoms with van der Waals surface area (Å²) in [6, 6.07) is 19.5. The van der Waals surface area contributed by atoms with Crippen LogP contribution in [0.4, 0.5) is 0 Å². The van der Waals surface area contributed by atoms with Crippen molar-refractivity contribution in [1.82, 2.24) is 30.4 Å². The lowest BCUT2D eigenvalue weighted by Crippen LogP contribution is -2.40. The highest BCUT2D eigenvalue weighted by Gasteiger charge is 2.14. The quantitative estimate of drug-likeness (QED) is 0.232. The van der Waals surface area contributed by atoms with E-state index in [1.165, 1.54) is 11.1 Å². The van der Waals surface area contributed by atoms with Crippen molar-refractivity contribution in [2.75, 3.05) is 28.2 Å². The van der Waals surface area contributed by atoms with Gasteiger partial charge in [-0.05, 0) is 63.6 Å². The molecule has 2 unspecified atom stereocenters. The predicted molar refractivity (Wildman–Crippen MR) is 157 cm³/mol. The molecule has 4 aromatic rings. The third-order valence-corrected chi connectivity index (χ3v) is 7.76. The van der Waals surface area contributed by atoms with Gasteiger partial charge in [-0.15, -0.1) is 11.3 Å². The Morgan fingerprint density at radius 3 is 1.70 bits per heavy atom. The van der Waals surface area contributed by atoms with Gasteiger partial charge in [0.1, 0.15) is 0 Å². The first kappa shape index (κ1) is 27.4. The van der Waals surface area contributed by atoms with Gasteiger partial charge < -0.3 is 0 Å². The summed E-state index contributed by atoms with van der Waals surface area (Å²) in [7, 11) is 8.44. The van der Waals surface area contributed by atoms with Crippen LogP contribution >= 0.6 is 11.3 Å². The number of hydrogen-bond acceptors (Lipinski definition) is 7. The van der Waals surface area contributed by atoms with Gasteiger partial charge in [0.05, 0.1) is 28.2 Å². The van der Waals surface area contributed by atoms with Crippen molar-refractivity contribution >= 4 is 21.6 Å². The minimum atomic E-state index is 0.370. The highest BCUT2D eigenvalue weighted by Crippen LogP contribution is 2.32. The highest BCUT2D eigenvalue weighted by atomic mass is 32.1. The van der Waals surface area contributed by atoms with E-state index in [1.807, 2.05) is 0 Å². The van der Waals surface area contributed by atoms with E-state index >= 15 is 0 Å². The standard InChI is InChI=1S/C30H40N6S/c1-7-26(35(3)4)31-19-21-9-13-23(14-10-21)28-29-25(17-18-37-29)33-30(34-28)24-15-11-22(12-16-24)20-32-27(8-2)36(5)6/h9-18,26-27,31-32H,7-8,19-20H2,1-6H3. The van der Waals surface area contributed by atoms with E-state index in [-0.39, 0.29) is 0 Å². The first-order valence-corrected chi connectivity index (χ1v) is 14.0. The van der Waals surface area contributed by atoms with Crippen LogP contribution in [-0.2, 0) is 13.1 Å². The molecule has 0 aliphatic carbocycles. The molecule has 0 spiro atoms. The Morgan fingerprint density at radius 2 is 1.22 bits per heavy atom. The third-order valence-electron chi connectivity index (χ3n) is 6.85. The van der Waals surface area contributed by atoms with Crippen molar-refractivity contribution in [3.63, 3.8) is 0 Å². The van der Waals surface area contributed by atoms with Gasteiger partial charge in [-0.3, -0.25) is 20.4 Å². The second-order valence-corrected chi connectivity index (χ2v) is 10.9. The SMILES string of the molecule is CCC(NCc1ccc(-c2nc(-c3ccc(CNC(CC)N(C)C)cc3)c3sccc3n2)cc1)N(C)C. The maximum Gasteiger partial charge on any atom is 0.160 e. The van der Waals surface area contributed by atoms with Crippen LogP contribution in [0.15, 0.2) is 60.0 Å². The van der Waals surface area contributed by atoms with E-state index in [9.17, 15) is 0 Å². The highest BCUT2D eigenvalue weighted by molar-refractivity contribution is 7.17. The topological polar surface area (TPSA) is 56.3 Å². The van der Waals surface area contributed by atoms with Crippen LogP contribution in [0.1, 0.15) is 37.8 Å². The summed E-state index contributed by atoms with van der Waals surface area (Å²) < 4.78 is 1.13. The average molecular weight is 517 g/mol. The molecule has 196 valence electrons. The number of benzene rings is 2. The van der Waals surface area contributed by atoms with Gasteiger partial charge in [0.2, 0.25) is 0 Å². The molecule has 0 saturated carbocycles. The van der Waals surface area contributed by atoms with Crippen LogP contribution < -0.4 is 10.6 Å². The summed E-state index contributed by atoms with van der Waals surface area (Å²) in [5.74, 6) is 0.766. The third kappa shape index (κ3) is 6.80. The van der Waals surface area contributed by atoms with Crippen LogP contribution in [0.5, 0.6) is 0 Å². The molecule has 0 saturated heterocycles. The summed E-state index contributed by atoms with van der Waals surface area (Å²) in [6.45, 7) is 6.08. The fourth-order valence-electron chi connectivity index (χ4n) is 4.60. The number of rotatable bonds is 12. The van der Waals surface area contributed by atoms with Gasteiger partial charge in [-0.25, -0.2) is 9.97 Å². The second-order valence-electron chi connectivity index (χ2n) is 9.96. The van der Waals surface area contributed by atoms with E-state index in [0.29, 0.717) is 12.3 Å². The molecule has 0 bridgehead atoms. The molecule has 0 aliphatic rings. The largest absolute Gasteiger partial charge is 0.298 e. The van der Waals surface area contributed by atoms with Crippen LogP contribution in [-0.4, -0.2) is 60.3 Å². The minimum Gasteiger partial charge on any atom is -0.298 e. The number of thiophene rings is 1. The molecular weight excluding hydrogens is 476 g/mol. The van der Waals surface area contributed by atoms with Gasteiger partial charge >= 0.3 is 0 Å². The zero-order valence-electron chi connectivity index (χ0n) is 23.0. The molecular formula is C30H40N6S. The molecule has 4 rings (SSSR count). The Hall–Kier alpha value is -2.68. The molecule has 2 aromatic carbocycles. The van der Waals surface area contributed by atoms with Gasteiger partial charge in [-0.1, -0.05) is 62.4 Å². The average Bonchev–Trinajstić information content (AvgIpc) is 3.38. The van der Waals surface area contributed by atoms with Crippen molar-refractivity contribution in [2.24, 2.45) is 0 Å². The van der Waals surface area contributed by atoms with Crippen LogP contribution in [0.2, 0.25) is 0 Å². The van der Waals surface area contributed by atoms with E-state index < -0.39 is 0 Å². The fraction of sp³-hybridized carbons (Fsp3) is 0.400. The summed E-state index contributed by atoms with van der Waals surface area (Å²) in [5, 5.41) is 9.34. The Morgan fingerprint density at radius 1 is 0.703 bits per heavy atom. The van der Waals surface area contributed by atoms with Gasteiger partial charge in [0, 0.05) is 24.2 Å². The molecule has 0 aliphatic heterocycles. The number of nitrogens with zero attached hydrogens (tertiary/aromatic N) is 4. The van der Waals surface area contributed by atoms with Crippen molar-refractivity contribution < 1.29 is 0 Å². The second kappa shape index (κ2) is 12.7. The Kier molecular flexibility index (Phi) is 9.40. The number of fused-ring (bicyclic) bond motifs is 1. The van der Waals surface area contributed by atoms with Crippen LogP contribution in [0.3, 0.4) is 0 Å². The number of hydrogen-bond donors (Lipinski definition) is 2. The van der Waals surface area contributed by atoms with Crippen molar-refractivity contribution in [2.45, 2.75) is 52.1 Å². The Bertz CT molecular complexity index is 1260. The molecule has 2 N–H and O–H groups in total. The molecule has 0 radical (unpaired) electrons. The van der Waals surface area contributed by atoms with Crippen molar-refractivity contribution in [3.8, 4) is 22.6 Å². The molecule has 6 nitrogen and oxygen atoms in total. The Labute approximate surface area is 225 Å². The number of nitrogens with one attached hydrogen (secondary N) is 2. The van der Waals surface area contributed by atoms with Crippen molar-refractivity contribution in [1.29, 1.82) is 0 Å². The summed E-state index contributed by atoms with van der Waals surface area (Å²) in [5.41, 5.74) is 6.67. The normalized spacial score (nSPS) is 13.5. The molecule has 0 amide bonds. The zero-order valence-corrected chi connectivity index (χ0v) is 23.8. The monoisotopic (exact) mass is 516 g/mol. The van der Waals surface area contributed by atoms with Gasteiger partial charge in [0.15, 0.2) is 5.82 Å². The van der Waals surface area contributed by atoms with Crippen LogP contribution in [0.25, 0.3) is 32.9 Å². The first-order valence-electron chi connectivity index (χ1n) is 13.1. The van der Waals surface area contributed by atoms with E-state index in [1.54, 1.807) is 11.3 Å². The lowest BCUT2D eigenvalue weighted by molar-refractivity contribution is 0.237. The minimum absolute atomic E-state index is 0.370. The Balaban J connectivity index is 1.54. The zero-order chi connectivity index (χ0) is 26.4. The van der Waals surface area contributed by atoms with E-state index in [2.05, 4.69) is 122 Å². The molecule has 2 heterocycles. The summed E-state index contributed by atoms with van der Waals surface area (Å²) >= 11 is 1.70. The van der Waals surface area contributed by atoms with Gasteiger partial charge in [0.25, 0.3) is 0 Å². The lowest BCUT2D eigenvalue weighted by Gasteiger charge is -2.24. The van der Waals surface area contributed by atoms with Crippen molar-refractivity contribution in [3.05, 3.63) is 71.1 Å². The predicted octanol–water partition coefficient (Wildman–Crippen LogP) is 5.80. The maximum absolute atomic E-state index is 5.05. The smallest absolute Gasteiger partial charge is 0.160 e. The molecule has 0 fully saturated rings. The van der Waals surface area contributed by atoms with Gasteiger partial charge in [-0.2, -0.15) is 0 Å². The molecule has 2 aromatic heterocycles. The lowest BCUT2D eigenvalue weighted by atomic mass is 10.1. The molecule has 37 heavy (non-hydrogen) atoms. The van der Waals surface area contributed by atoms with Crippen LogP contribution in [0, 0.1) is 0 Å². The van der Waals surface area contributed by atoms with E-state index in [0.717, 1.165) is 58.8 Å². The molecule has 7 heteroatoms. The first-order chi connectivity index (χ1) is 17.9. The number of aromatic nitrogens is 2. The molecule has 2 atom stereocenters. The summed E-state index contributed by atoms with van der Waals surface area (Å²) in [4.78, 5) is 14.4. The van der Waals surface area contributed by atoms with E-state index in [4.69, 9.17) is 9.97 Å². The summed E-state index contributed by atoms with van der Waals surface area (Å²) in [6.07, 6.45) is 2.88. The maximum atomic E-state index is 5.05.